The molecule has 0 saturated carbocycles. The highest BCUT2D eigenvalue weighted by atomic mass is 16.5. The Balaban J connectivity index is 2.46. The molecule has 1 unspecified atom stereocenters. The number of fused-ring (bicyclic) bond motifs is 1. The summed E-state index contributed by atoms with van der Waals surface area (Å²) in [6.07, 6.45) is 0. The average molecular weight is 205 g/mol. The summed E-state index contributed by atoms with van der Waals surface area (Å²) in [5, 5.41) is 1.09. The van der Waals surface area contributed by atoms with Crippen LogP contribution in [0.2, 0.25) is 0 Å². The quantitative estimate of drug-likeness (QED) is 0.703. The molecule has 0 amide bonds. The van der Waals surface area contributed by atoms with E-state index in [9.17, 15) is 0 Å². The molecule has 4 nitrogen and oxygen atoms in total. The fraction of sp³-hybridized carbons (Fsp3) is 0.273. The minimum absolute atomic E-state index is 0.136. The Morgan fingerprint density at radius 2 is 2.20 bits per heavy atom. The van der Waals surface area contributed by atoms with Crippen LogP contribution in [0.4, 0.5) is 0 Å². The molecule has 80 valence electrons. The third-order valence-electron chi connectivity index (χ3n) is 2.50. The predicted octanol–water partition coefficient (Wildman–Crippen LogP) is 1.13. The second-order valence-electron chi connectivity index (χ2n) is 3.52. The summed E-state index contributed by atoms with van der Waals surface area (Å²) in [7, 11) is 1.65. The highest BCUT2D eigenvalue weighted by Gasteiger charge is 2.07. The summed E-state index contributed by atoms with van der Waals surface area (Å²) >= 11 is 0. The van der Waals surface area contributed by atoms with Crippen molar-refractivity contribution in [2.24, 2.45) is 11.5 Å². The van der Waals surface area contributed by atoms with Crippen LogP contribution in [0, 0.1) is 0 Å². The number of aromatic nitrogens is 1. The molecule has 0 aliphatic heterocycles. The molecule has 4 heteroatoms. The molecule has 0 radical (unpaired) electrons. The van der Waals surface area contributed by atoms with Gasteiger partial charge in [-0.15, -0.1) is 0 Å². The molecule has 0 saturated heterocycles. The second kappa shape index (κ2) is 3.92. The van der Waals surface area contributed by atoms with Crippen LogP contribution in [-0.4, -0.2) is 18.6 Å². The van der Waals surface area contributed by atoms with Crippen LogP contribution in [0.15, 0.2) is 24.3 Å². The Hall–Kier alpha value is -1.52. The number of hydrogen-bond acceptors (Lipinski definition) is 3. The Morgan fingerprint density at radius 1 is 1.40 bits per heavy atom. The zero-order valence-corrected chi connectivity index (χ0v) is 8.66. The summed E-state index contributed by atoms with van der Waals surface area (Å²) < 4.78 is 5.15. The molecule has 2 rings (SSSR count). The van der Waals surface area contributed by atoms with Gasteiger partial charge in [-0.1, -0.05) is 0 Å². The molecule has 1 heterocycles. The minimum Gasteiger partial charge on any atom is -0.497 e. The molecule has 1 aromatic heterocycles. The summed E-state index contributed by atoms with van der Waals surface area (Å²) in [6.45, 7) is 0.434. The lowest BCUT2D eigenvalue weighted by atomic mass is 10.2. The van der Waals surface area contributed by atoms with E-state index in [4.69, 9.17) is 16.2 Å². The third kappa shape index (κ3) is 1.82. The molecule has 15 heavy (non-hydrogen) atoms. The Kier molecular flexibility index (Phi) is 2.62. The zero-order valence-electron chi connectivity index (χ0n) is 8.66. The Morgan fingerprint density at radius 3 is 2.87 bits per heavy atom. The summed E-state index contributed by atoms with van der Waals surface area (Å²) in [5.41, 5.74) is 13.4. The van der Waals surface area contributed by atoms with Crippen LogP contribution in [0.1, 0.15) is 11.7 Å². The topological polar surface area (TPSA) is 77.1 Å². The van der Waals surface area contributed by atoms with Gasteiger partial charge in [-0.25, -0.2) is 0 Å². The maximum absolute atomic E-state index is 5.84. The van der Waals surface area contributed by atoms with E-state index in [-0.39, 0.29) is 6.04 Å². The number of rotatable bonds is 3. The maximum Gasteiger partial charge on any atom is 0.119 e. The molecule has 0 spiro atoms. The second-order valence-corrected chi connectivity index (χ2v) is 3.52. The highest BCUT2D eigenvalue weighted by molar-refractivity contribution is 5.82. The van der Waals surface area contributed by atoms with Gasteiger partial charge in [0.25, 0.3) is 0 Å². The van der Waals surface area contributed by atoms with Crippen LogP contribution in [0.3, 0.4) is 0 Å². The zero-order chi connectivity index (χ0) is 10.8. The van der Waals surface area contributed by atoms with E-state index >= 15 is 0 Å². The van der Waals surface area contributed by atoms with Crippen LogP contribution in [0.25, 0.3) is 10.9 Å². The number of nitrogens with two attached hydrogens (primary N) is 2. The number of benzene rings is 1. The molecular weight excluding hydrogens is 190 g/mol. The first-order valence-electron chi connectivity index (χ1n) is 4.87. The van der Waals surface area contributed by atoms with E-state index in [1.165, 1.54) is 0 Å². The van der Waals surface area contributed by atoms with Crippen molar-refractivity contribution in [1.82, 2.24) is 4.98 Å². The predicted molar refractivity (Wildman–Crippen MR) is 60.8 cm³/mol. The van der Waals surface area contributed by atoms with Crippen LogP contribution in [0.5, 0.6) is 5.75 Å². The standard InChI is InChI=1S/C11H15N3O/c1-15-8-2-3-10-7(4-8)5-11(14-10)9(13)6-12/h2-5,9,14H,6,12-13H2,1H3. The first kappa shape index (κ1) is 10.0. The fourth-order valence-corrected chi connectivity index (χ4v) is 1.59. The lowest BCUT2D eigenvalue weighted by molar-refractivity contribution is 0.415. The van der Waals surface area contributed by atoms with Crippen molar-refractivity contribution in [3.63, 3.8) is 0 Å². The van der Waals surface area contributed by atoms with Gasteiger partial charge < -0.3 is 21.2 Å². The van der Waals surface area contributed by atoms with Crippen LogP contribution < -0.4 is 16.2 Å². The van der Waals surface area contributed by atoms with Gasteiger partial charge in [-0.05, 0) is 24.3 Å². The van der Waals surface area contributed by atoms with E-state index in [0.717, 1.165) is 22.3 Å². The maximum atomic E-state index is 5.84. The van der Waals surface area contributed by atoms with Crippen molar-refractivity contribution >= 4 is 10.9 Å². The molecular formula is C11H15N3O. The van der Waals surface area contributed by atoms with Crippen LogP contribution in [-0.2, 0) is 0 Å². The summed E-state index contributed by atoms with van der Waals surface area (Å²) in [4.78, 5) is 3.24. The van der Waals surface area contributed by atoms with Crippen molar-refractivity contribution in [2.45, 2.75) is 6.04 Å². The molecule has 1 atom stereocenters. The van der Waals surface area contributed by atoms with Gasteiger partial charge in [-0.2, -0.15) is 0 Å². The van der Waals surface area contributed by atoms with Crippen molar-refractivity contribution in [2.75, 3.05) is 13.7 Å². The Bertz CT molecular complexity index is 464. The number of methoxy groups -OCH3 is 1. The van der Waals surface area contributed by atoms with Gasteiger partial charge in [-0.3, -0.25) is 0 Å². The van der Waals surface area contributed by atoms with E-state index in [1.807, 2.05) is 24.3 Å². The van der Waals surface area contributed by atoms with E-state index in [2.05, 4.69) is 4.98 Å². The molecule has 0 aliphatic rings. The monoisotopic (exact) mass is 205 g/mol. The number of nitrogens with one attached hydrogen (secondary N) is 1. The normalized spacial score (nSPS) is 13.0. The molecule has 1 aromatic carbocycles. The van der Waals surface area contributed by atoms with Gasteiger partial charge >= 0.3 is 0 Å². The van der Waals surface area contributed by atoms with E-state index in [0.29, 0.717) is 6.54 Å². The largest absolute Gasteiger partial charge is 0.497 e. The summed E-state index contributed by atoms with van der Waals surface area (Å²) in [6, 6.07) is 7.73. The first-order valence-corrected chi connectivity index (χ1v) is 4.87. The van der Waals surface area contributed by atoms with Gasteiger partial charge in [0.2, 0.25) is 0 Å². The Labute approximate surface area is 88.2 Å². The third-order valence-corrected chi connectivity index (χ3v) is 2.50. The average Bonchev–Trinajstić information content (AvgIpc) is 2.70. The lowest BCUT2D eigenvalue weighted by Crippen LogP contribution is -2.20. The van der Waals surface area contributed by atoms with Gasteiger partial charge in [0.05, 0.1) is 13.2 Å². The number of ether oxygens (including phenoxy) is 1. The van der Waals surface area contributed by atoms with Gasteiger partial charge in [0.15, 0.2) is 0 Å². The smallest absolute Gasteiger partial charge is 0.119 e. The van der Waals surface area contributed by atoms with Gasteiger partial charge in [0.1, 0.15) is 5.75 Å². The highest BCUT2D eigenvalue weighted by Crippen LogP contribution is 2.23. The fourth-order valence-electron chi connectivity index (χ4n) is 1.59. The molecule has 5 N–H and O–H groups in total. The molecule has 0 aliphatic carbocycles. The number of hydrogen-bond donors (Lipinski definition) is 3. The lowest BCUT2D eigenvalue weighted by Gasteiger charge is -2.03. The van der Waals surface area contributed by atoms with Crippen LogP contribution >= 0.6 is 0 Å². The van der Waals surface area contributed by atoms with Crippen molar-refractivity contribution in [1.29, 1.82) is 0 Å². The van der Waals surface area contributed by atoms with Crippen molar-refractivity contribution in [3.8, 4) is 5.75 Å². The van der Waals surface area contributed by atoms with Gasteiger partial charge in [0, 0.05) is 23.1 Å². The molecule has 0 fully saturated rings. The number of H-pyrrole nitrogens is 1. The molecule has 0 bridgehead atoms. The molecule has 2 aromatic rings. The van der Waals surface area contributed by atoms with E-state index in [1.54, 1.807) is 7.11 Å². The first-order chi connectivity index (χ1) is 7.24. The number of aromatic amines is 1. The SMILES string of the molecule is COc1ccc2[nH]c(C(N)CN)cc2c1. The van der Waals surface area contributed by atoms with E-state index < -0.39 is 0 Å². The van der Waals surface area contributed by atoms with Crippen molar-refractivity contribution < 1.29 is 4.74 Å². The minimum atomic E-state index is -0.136. The summed E-state index contributed by atoms with van der Waals surface area (Å²) in [5.74, 6) is 0.842. The van der Waals surface area contributed by atoms with Crippen molar-refractivity contribution in [3.05, 3.63) is 30.0 Å².